The van der Waals surface area contributed by atoms with Gasteiger partial charge in [-0.2, -0.15) is 0 Å². The number of carbonyl (C=O) groups is 1. The number of hydrogen-bond donors (Lipinski definition) is 0. The smallest absolute Gasteiger partial charge is 0.200 e. The van der Waals surface area contributed by atoms with Gasteiger partial charge in [0.2, 0.25) is 8.32 Å². The Kier molecular flexibility index (Phi) is 17.5. The van der Waals surface area contributed by atoms with Crippen LogP contribution in [-0.2, 0) is 41.1 Å². The lowest BCUT2D eigenvalue weighted by Gasteiger charge is -2.53. The lowest BCUT2D eigenvalue weighted by atomic mass is 9.84. The average molecular weight is 787 g/mol. The molecular formula is C44H74O8Si2. The first kappa shape index (κ1) is 46.3. The maximum absolute atomic E-state index is 13.6. The van der Waals surface area contributed by atoms with Crippen LogP contribution >= 0.6 is 0 Å². The molecule has 0 bridgehead atoms. The largest absolute Gasteiger partial charge is 0.497 e. The van der Waals surface area contributed by atoms with Gasteiger partial charge < -0.3 is 32.5 Å². The molecule has 0 spiro atoms. The number of benzene rings is 2. The van der Waals surface area contributed by atoms with Gasteiger partial charge in [-0.3, -0.25) is 4.79 Å². The summed E-state index contributed by atoms with van der Waals surface area (Å²) in [5, 5.41) is 0. The van der Waals surface area contributed by atoms with Gasteiger partial charge in [0.25, 0.3) is 0 Å². The van der Waals surface area contributed by atoms with Crippen LogP contribution in [0.3, 0.4) is 0 Å². The topological polar surface area (TPSA) is 81.7 Å². The summed E-state index contributed by atoms with van der Waals surface area (Å²) in [6.45, 7) is 32.4. The molecule has 0 unspecified atom stereocenters. The lowest BCUT2D eigenvalue weighted by molar-refractivity contribution is -0.241. The Labute approximate surface area is 330 Å². The number of hydrogen-bond acceptors (Lipinski definition) is 8. The van der Waals surface area contributed by atoms with Crippen molar-refractivity contribution in [3.8, 4) is 11.5 Å². The van der Waals surface area contributed by atoms with Gasteiger partial charge in [-0.15, -0.1) is 0 Å². The predicted octanol–water partition coefficient (Wildman–Crippen LogP) is 10.9. The molecule has 0 aliphatic carbocycles. The monoisotopic (exact) mass is 786 g/mol. The van der Waals surface area contributed by atoms with E-state index in [4.69, 9.17) is 32.5 Å². The molecular weight excluding hydrogens is 713 g/mol. The number of ketones is 1. The minimum atomic E-state index is -2.46. The highest BCUT2D eigenvalue weighted by atomic mass is 28.4. The van der Waals surface area contributed by atoms with Crippen LogP contribution in [0.5, 0.6) is 11.5 Å². The molecule has 306 valence electrons. The molecule has 8 nitrogen and oxygen atoms in total. The van der Waals surface area contributed by atoms with Crippen molar-refractivity contribution in [3.63, 3.8) is 0 Å². The fourth-order valence-electron chi connectivity index (χ4n) is 9.59. The first-order chi connectivity index (χ1) is 25.4. The maximum atomic E-state index is 13.6. The van der Waals surface area contributed by atoms with E-state index >= 15 is 0 Å². The highest BCUT2D eigenvalue weighted by Gasteiger charge is 2.55. The van der Waals surface area contributed by atoms with Gasteiger partial charge in [0, 0.05) is 5.92 Å². The number of Topliss-reactive ketones (excluding diaryl/α,β-unsaturated/α-hetero) is 1. The van der Waals surface area contributed by atoms with Gasteiger partial charge in [-0.1, -0.05) is 114 Å². The summed E-state index contributed by atoms with van der Waals surface area (Å²) in [6.07, 6.45) is -2.70. The predicted molar refractivity (Wildman–Crippen MR) is 225 cm³/mol. The van der Waals surface area contributed by atoms with Crippen LogP contribution in [0.2, 0.25) is 33.2 Å². The summed E-state index contributed by atoms with van der Waals surface area (Å²) < 4.78 is 46.6. The minimum Gasteiger partial charge on any atom is -0.497 e. The second-order valence-corrected chi connectivity index (χ2v) is 28.2. The molecule has 0 saturated carbocycles. The van der Waals surface area contributed by atoms with E-state index in [1.165, 1.54) is 0 Å². The van der Waals surface area contributed by atoms with Crippen LogP contribution in [0.25, 0.3) is 0 Å². The summed E-state index contributed by atoms with van der Waals surface area (Å²) in [6, 6.07) is 15.8. The van der Waals surface area contributed by atoms with Crippen molar-refractivity contribution in [1.82, 2.24) is 0 Å². The average Bonchev–Trinajstić information content (AvgIpc) is 3.11. The molecule has 3 rings (SSSR count). The first-order valence-corrected chi connectivity index (χ1v) is 24.6. The van der Waals surface area contributed by atoms with Gasteiger partial charge >= 0.3 is 0 Å². The van der Waals surface area contributed by atoms with Crippen molar-refractivity contribution in [1.29, 1.82) is 0 Å². The van der Waals surface area contributed by atoms with E-state index in [1.54, 1.807) is 21.1 Å². The highest BCUT2D eigenvalue weighted by molar-refractivity contribution is 6.78. The quantitative estimate of drug-likeness (QED) is 0.116. The Morgan fingerprint density at radius 2 is 1.07 bits per heavy atom. The molecule has 10 heteroatoms. The number of carbonyl (C=O) groups excluding carboxylic acids is 1. The lowest BCUT2D eigenvalue weighted by Crippen LogP contribution is -2.65. The fraction of sp³-hybridized carbons (Fsp3) is 0.705. The van der Waals surface area contributed by atoms with E-state index in [-0.39, 0.29) is 24.4 Å². The Bertz CT molecular complexity index is 1370. The zero-order valence-electron chi connectivity index (χ0n) is 36.4. The van der Waals surface area contributed by atoms with Crippen molar-refractivity contribution in [2.24, 2.45) is 5.92 Å². The SMILES string of the molecule is COc1ccc(CO[C@H]2[C@H](O[Si](C(C)C)(C(C)C)C(C)C)[C@@H](C)[C@H]([C@H](OCc3ccc(OC)cc3)C(C)=O)O[C@@H]2CO[Si](C(C)C)(C(C)C)C(C)C)cc1. The standard InChI is InChI=1S/C44H74O8Si2/c1-28(2)53(29(3)4,30(5)6)50-27-40-44(49-26-37-19-23-39(47-16)24-20-37)42(52-54(31(7)8,32(9)10)33(11)12)34(13)41(51-40)43(35(14)45)48-25-36-17-21-38(46-15)22-18-36/h17-24,28-34,40-44H,25-27H2,1-16H3/t34-,40+,41+,42+,43+,44+/m0/s1. The molecule has 0 radical (unpaired) electrons. The molecule has 1 aliphatic heterocycles. The first-order valence-electron chi connectivity index (χ1n) is 20.3. The van der Waals surface area contributed by atoms with E-state index in [9.17, 15) is 4.79 Å². The van der Waals surface area contributed by atoms with E-state index in [0.29, 0.717) is 46.5 Å². The van der Waals surface area contributed by atoms with Gasteiger partial charge in [-0.25, -0.2) is 0 Å². The third-order valence-electron chi connectivity index (χ3n) is 12.2. The molecule has 0 aromatic heterocycles. The summed E-state index contributed by atoms with van der Waals surface area (Å²) in [5.74, 6) is 1.27. The van der Waals surface area contributed by atoms with Gasteiger partial charge in [-0.05, 0) is 75.6 Å². The Morgan fingerprint density at radius 1 is 0.648 bits per heavy atom. The molecule has 1 aliphatic rings. The maximum Gasteiger partial charge on any atom is 0.200 e. The van der Waals surface area contributed by atoms with Crippen LogP contribution in [0.4, 0.5) is 0 Å². The van der Waals surface area contributed by atoms with Crippen LogP contribution in [0, 0.1) is 5.92 Å². The summed E-state index contributed by atoms with van der Waals surface area (Å²) in [4.78, 5) is 13.6. The van der Waals surface area contributed by atoms with Crippen molar-refractivity contribution in [2.45, 2.75) is 174 Å². The van der Waals surface area contributed by atoms with Crippen molar-refractivity contribution < 1.29 is 37.3 Å². The second-order valence-electron chi connectivity index (χ2n) is 17.3. The van der Waals surface area contributed by atoms with Crippen molar-refractivity contribution in [3.05, 3.63) is 59.7 Å². The van der Waals surface area contributed by atoms with Crippen LogP contribution in [-0.4, -0.2) is 73.8 Å². The van der Waals surface area contributed by atoms with Crippen LogP contribution < -0.4 is 9.47 Å². The number of ether oxygens (including phenoxy) is 5. The zero-order valence-corrected chi connectivity index (χ0v) is 38.4. The molecule has 2 aromatic rings. The molecule has 6 atom stereocenters. The summed E-state index contributed by atoms with van der Waals surface area (Å²) in [7, 11) is -1.44. The van der Waals surface area contributed by atoms with Crippen molar-refractivity contribution >= 4 is 22.4 Å². The van der Waals surface area contributed by atoms with Crippen molar-refractivity contribution in [2.75, 3.05) is 20.8 Å². The summed E-state index contributed by atoms with van der Waals surface area (Å²) >= 11 is 0. The number of methoxy groups -OCH3 is 2. The van der Waals surface area contributed by atoms with E-state index in [2.05, 4.69) is 90.0 Å². The van der Waals surface area contributed by atoms with E-state index in [0.717, 1.165) is 22.6 Å². The van der Waals surface area contributed by atoms with Gasteiger partial charge in [0.15, 0.2) is 14.1 Å². The normalized spacial score (nSPS) is 21.9. The molecule has 0 amide bonds. The third kappa shape index (κ3) is 10.5. The van der Waals surface area contributed by atoms with E-state index in [1.807, 2.05) is 48.5 Å². The molecule has 1 heterocycles. The molecule has 2 aromatic carbocycles. The molecule has 54 heavy (non-hydrogen) atoms. The molecule has 1 saturated heterocycles. The molecule has 1 fully saturated rings. The third-order valence-corrected chi connectivity index (χ3v) is 24.4. The molecule has 0 N–H and O–H groups in total. The van der Waals surface area contributed by atoms with Gasteiger partial charge in [0.1, 0.15) is 29.8 Å². The Hall–Kier alpha value is -2.06. The van der Waals surface area contributed by atoms with E-state index < -0.39 is 41.1 Å². The Balaban J connectivity index is 2.18. The van der Waals surface area contributed by atoms with Gasteiger partial charge in [0.05, 0.1) is 46.2 Å². The fourth-order valence-corrected chi connectivity index (χ4v) is 20.7. The number of rotatable bonds is 21. The highest BCUT2D eigenvalue weighted by Crippen LogP contribution is 2.47. The zero-order chi connectivity index (χ0) is 40.5. The second kappa shape index (κ2) is 20.4. The summed E-state index contributed by atoms with van der Waals surface area (Å²) in [5.41, 5.74) is 4.20. The van der Waals surface area contributed by atoms with Crippen LogP contribution in [0.1, 0.15) is 108 Å². The minimum absolute atomic E-state index is 0.0771. The van der Waals surface area contributed by atoms with Crippen LogP contribution in [0.15, 0.2) is 48.5 Å². The Morgan fingerprint density at radius 3 is 1.46 bits per heavy atom.